The third-order valence-electron chi connectivity index (χ3n) is 5.40. The molecule has 0 fully saturated rings. The van der Waals surface area contributed by atoms with Gasteiger partial charge in [-0.1, -0.05) is 0 Å². The van der Waals surface area contributed by atoms with Crippen molar-refractivity contribution in [2.75, 3.05) is 11.5 Å². The number of aromatic nitrogens is 3. The number of halogens is 3. The molecule has 9 nitrogen and oxygen atoms in total. The van der Waals surface area contributed by atoms with Gasteiger partial charge in [-0.3, -0.25) is 14.5 Å². The Morgan fingerprint density at radius 1 is 1.22 bits per heavy atom. The number of thiazole rings is 1. The molecule has 1 unspecified atom stereocenters. The minimum atomic E-state index is -4.68. The van der Waals surface area contributed by atoms with Crippen molar-refractivity contribution < 1.29 is 27.5 Å². The second kappa shape index (κ2) is 9.54. The van der Waals surface area contributed by atoms with Gasteiger partial charge in [-0.15, -0.1) is 11.3 Å². The number of amides is 2. The first kappa shape index (κ1) is 25.1. The van der Waals surface area contributed by atoms with Crippen molar-refractivity contribution in [2.24, 2.45) is 0 Å². The molecule has 2 aromatic heterocycles. The van der Waals surface area contributed by atoms with Crippen LogP contribution in [0.5, 0.6) is 5.75 Å². The Hall–Kier alpha value is -4.05. The molecule has 0 aliphatic carbocycles. The Balaban J connectivity index is 1.72. The third kappa shape index (κ3) is 4.85. The molecule has 0 spiro atoms. The maximum atomic E-state index is 13.2. The minimum absolute atomic E-state index is 0.143. The predicted octanol–water partition coefficient (Wildman–Crippen LogP) is 4.06. The average Bonchev–Trinajstić information content (AvgIpc) is 3.28. The van der Waals surface area contributed by atoms with E-state index in [4.69, 9.17) is 4.74 Å². The van der Waals surface area contributed by atoms with Gasteiger partial charge >= 0.3 is 6.18 Å². The van der Waals surface area contributed by atoms with E-state index >= 15 is 0 Å². The highest BCUT2D eigenvalue weighted by molar-refractivity contribution is 7.15. The first-order valence-electron chi connectivity index (χ1n) is 10.6. The highest BCUT2D eigenvalue weighted by atomic mass is 32.1. The number of ether oxygens (including phenoxy) is 1. The van der Waals surface area contributed by atoms with Crippen molar-refractivity contribution in [2.45, 2.75) is 39.0 Å². The van der Waals surface area contributed by atoms with Gasteiger partial charge in [0.2, 0.25) is 5.82 Å². The quantitative estimate of drug-likeness (QED) is 0.543. The van der Waals surface area contributed by atoms with Crippen LogP contribution in [-0.2, 0) is 11.0 Å². The van der Waals surface area contributed by atoms with Crippen LogP contribution in [-0.4, -0.2) is 39.4 Å². The molecule has 1 aliphatic rings. The summed E-state index contributed by atoms with van der Waals surface area (Å²) in [5, 5.41) is 12.7. The third-order valence-corrected chi connectivity index (χ3v) is 6.34. The standard InChI is InChI=1S/C23H19F3N6O3S/c1-11(6-27)32-17-5-14(4-16(19(17)35-10-18(32)33)21-28-7-12(2)36-21)20(34)31-13(3)15-8-29-22(30-9-15)23(24,25)26/h4-5,7-9,11,13H,10H2,1-3H3,(H,31,34)/t11?,13-/m1/s1. The monoisotopic (exact) mass is 516 g/mol. The van der Waals surface area contributed by atoms with Crippen LogP contribution in [0.1, 0.15) is 46.5 Å². The maximum absolute atomic E-state index is 13.2. The molecule has 0 saturated heterocycles. The normalized spacial score (nSPS) is 14.9. The fourth-order valence-electron chi connectivity index (χ4n) is 3.60. The van der Waals surface area contributed by atoms with Gasteiger partial charge in [0, 0.05) is 34.6 Å². The summed E-state index contributed by atoms with van der Waals surface area (Å²) in [5.41, 5.74) is 1.14. The lowest BCUT2D eigenvalue weighted by molar-refractivity contribution is -0.145. The Morgan fingerprint density at radius 2 is 1.92 bits per heavy atom. The fraction of sp³-hybridized carbons (Fsp3) is 0.304. The van der Waals surface area contributed by atoms with Crippen molar-refractivity contribution >= 4 is 28.8 Å². The molecular weight excluding hydrogens is 497 g/mol. The lowest BCUT2D eigenvalue weighted by atomic mass is 10.0. The summed E-state index contributed by atoms with van der Waals surface area (Å²) in [5.74, 6) is -1.96. The zero-order chi connectivity index (χ0) is 26.2. The summed E-state index contributed by atoms with van der Waals surface area (Å²) in [6.07, 6.45) is -1.01. The van der Waals surface area contributed by atoms with Crippen molar-refractivity contribution in [1.82, 2.24) is 20.3 Å². The Morgan fingerprint density at radius 3 is 2.50 bits per heavy atom. The van der Waals surface area contributed by atoms with Crippen LogP contribution in [0, 0.1) is 18.3 Å². The van der Waals surface area contributed by atoms with Crippen molar-refractivity contribution in [1.29, 1.82) is 5.26 Å². The van der Waals surface area contributed by atoms with Crippen LogP contribution in [0.25, 0.3) is 10.6 Å². The first-order chi connectivity index (χ1) is 17.0. The first-order valence-corrected chi connectivity index (χ1v) is 11.5. The number of nitrogens with one attached hydrogen (secondary N) is 1. The highest BCUT2D eigenvalue weighted by Gasteiger charge is 2.35. The van der Waals surface area contributed by atoms with Gasteiger partial charge in [0.25, 0.3) is 11.8 Å². The molecule has 3 aromatic rings. The lowest BCUT2D eigenvalue weighted by Gasteiger charge is -2.32. The summed E-state index contributed by atoms with van der Waals surface area (Å²) in [6.45, 7) is 4.73. The van der Waals surface area contributed by atoms with Gasteiger partial charge in [-0.2, -0.15) is 18.4 Å². The van der Waals surface area contributed by atoms with Gasteiger partial charge < -0.3 is 10.1 Å². The van der Waals surface area contributed by atoms with E-state index < -0.39 is 35.9 Å². The van der Waals surface area contributed by atoms with Crippen LogP contribution in [0.4, 0.5) is 18.9 Å². The second-order valence-corrected chi connectivity index (χ2v) is 9.27. The lowest BCUT2D eigenvalue weighted by Crippen LogP contribution is -2.44. The van der Waals surface area contributed by atoms with Crippen LogP contribution in [0.15, 0.2) is 30.7 Å². The summed E-state index contributed by atoms with van der Waals surface area (Å²) in [4.78, 5) is 39.0. The summed E-state index contributed by atoms with van der Waals surface area (Å²) in [7, 11) is 0. The van der Waals surface area contributed by atoms with E-state index in [0.717, 1.165) is 17.3 Å². The smallest absolute Gasteiger partial charge is 0.451 e. The molecule has 13 heteroatoms. The molecule has 1 N–H and O–H groups in total. The van der Waals surface area contributed by atoms with Crippen molar-refractivity contribution in [3.8, 4) is 22.4 Å². The van der Waals surface area contributed by atoms with Crippen LogP contribution >= 0.6 is 11.3 Å². The molecule has 3 heterocycles. The van der Waals surface area contributed by atoms with E-state index in [-0.39, 0.29) is 23.4 Å². The minimum Gasteiger partial charge on any atom is -0.481 e. The van der Waals surface area contributed by atoms with E-state index in [1.165, 1.54) is 22.3 Å². The molecule has 2 amide bonds. The Labute approximate surface area is 207 Å². The average molecular weight is 517 g/mol. The number of nitrogens with zero attached hydrogens (tertiary/aromatic N) is 5. The fourth-order valence-corrected chi connectivity index (χ4v) is 4.38. The molecule has 2 atom stereocenters. The maximum Gasteiger partial charge on any atom is 0.451 e. The number of benzene rings is 1. The van der Waals surface area contributed by atoms with Crippen LogP contribution in [0.2, 0.25) is 0 Å². The van der Waals surface area contributed by atoms with Crippen molar-refractivity contribution in [3.63, 3.8) is 0 Å². The molecule has 0 saturated carbocycles. The number of aryl methyl sites for hydroxylation is 1. The molecule has 1 aromatic carbocycles. The Kier molecular flexibility index (Phi) is 6.64. The molecular formula is C23H19F3N6O3S. The van der Waals surface area contributed by atoms with Gasteiger partial charge in [0.1, 0.15) is 11.0 Å². The number of anilines is 1. The van der Waals surface area contributed by atoms with E-state index in [2.05, 4.69) is 20.3 Å². The summed E-state index contributed by atoms with van der Waals surface area (Å²) < 4.78 is 44.0. The molecule has 0 bridgehead atoms. The zero-order valence-electron chi connectivity index (χ0n) is 19.3. The van der Waals surface area contributed by atoms with Gasteiger partial charge in [-0.05, 0) is 32.9 Å². The van der Waals surface area contributed by atoms with Crippen molar-refractivity contribution in [3.05, 3.63) is 52.6 Å². The van der Waals surface area contributed by atoms with E-state index in [1.54, 1.807) is 26.1 Å². The van der Waals surface area contributed by atoms with Gasteiger partial charge in [-0.25, -0.2) is 15.0 Å². The topological polar surface area (TPSA) is 121 Å². The molecule has 4 rings (SSSR count). The molecule has 1 aliphatic heterocycles. The number of hydrogen-bond acceptors (Lipinski definition) is 8. The Bertz CT molecular complexity index is 1370. The number of carbonyl (C=O) groups excluding carboxylic acids is 2. The van der Waals surface area contributed by atoms with Crippen LogP contribution in [0.3, 0.4) is 0 Å². The number of carbonyl (C=O) groups is 2. The number of alkyl halides is 3. The van der Waals surface area contributed by atoms with E-state index in [0.29, 0.717) is 16.3 Å². The summed E-state index contributed by atoms with van der Waals surface area (Å²) in [6, 6.07) is 3.48. The van der Waals surface area contributed by atoms with E-state index in [9.17, 15) is 28.0 Å². The number of nitriles is 1. The molecule has 186 valence electrons. The molecule has 36 heavy (non-hydrogen) atoms. The molecule has 0 radical (unpaired) electrons. The highest BCUT2D eigenvalue weighted by Crippen LogP contribution is 2.44. The van der Waals surface area contributed by atoms with Gasteiger partial charge in [0.15, 0.2) is 12.4 Å². The predicted molar refractivity (Wildman–Crippen MR) is 123 cm³/mol. The number of fused-ring (bicyclic) bond motifs is 1. The van der Waals surface area contributed by atoms with E-state index in [1.807, 2.05) is 13.0 Å². The zero-order valence-corrected chi connectivity index (χ0v) is 20.1. The number of hydrogen-bond donors (Lipinski definition) is 1. The van der Waals surface area contributed by atoms with Crippen LogP contribution < -0.4 is 15.0 Å². The largest absolute Gasteiger partial charge is 0.481 e. The summed E-state index contributed by atoms with van der Waals surface area (Å²) >= 11 is 1.36. The van der Waals surface area contributed by atoms with Gasteiger partial charge in [0.05, 0.1) is 23.4 Å². The SMILES string of the molecule is Cc1cnc(-c2cc(C(=O)N[C@H](C)c3cnc(C(F)(F)F)nc3)cc3c2OCC(=O)N3C(C)C#N)s1. The second-order valence-electron chi connectivity index (χ2n) is 8.04. The number of rotatable bonds is 5.